The van der Waals surface area contributed by atoms with Crippen LogP contribution in [0, 0.1) is 0 Å². The van der Waals surface area contributed by atoms with Crippen LogP contribution in [0.4, 0.5) is 5.95 Å². The summed E-state index contributed by atoms with van der Waals surface area (Å²) in [6.45, 7) is 3.46. The first kappa shape index (κ1) is 14.8. The molecule has 0 unspecified atom stereocenters. The Morgan fingerprint density at radius 1 is 1.27 bits per heavy atom. The van der Waals surface area contributed by atoms with Gasteiger partial charge in [-0.3, -0.25) is 4.79 Å². The van der Waals surface area contributed by atoms with Crippen molar-refractivity contribution in [1.29, 1.82) is 0 Å². The number of nitrogens with zero attached hydrogens (tertiary/aromatic N) is 3. The number of aromatic nitrogens is 2. The average molecular weight is 314 g/mol. The van der Waals surface area contributed by atoms with Crippen molar-refractivity contribution in [3.8, 4) is 0 Å². The molecule has 5 nitrogen and oxygen atoms in total. The Kier molecular flexibility index (Phi) is 4.58. The predicted octanol–water partition coefficient (Wildman–Crippen LogP) is 2.53. The Hall–Kier alpha value is -2.08. The predicted molar refractivity (Wildman–Crippen MR) is 88.2 cm³/mol. The summed E-state index contributed by atoms with van der Waals surface area (Å²) in [4.78, 5) is 23.8. The van der Waals surface area contributed by atoms with Crippen LogP contribution in [-0.2, 0) is 0 Å². The molecule has 1 amide bonds. The lowest BCUT2D eigenvalue weighted by Crippen LogP contribution is -2.57. The lowest BCUT2D eigenvalue weighted by molar-refractivity contribution is 0.0621. The lowest BCUT2D eigenvalue weighted by atomic mass is 10.1. The number of rotatable bonds is 5. The molecule has 1 N–H and O–H groups in total. The molecule has 1 fully saturated rings. The first-order valence-corrected chi connectivity index (χ1v) is 8.31. The number of carbonyl (C=O) groups is 1. The second kappa shape index (κ2) is 6.79. The number of benzene rings is 1. The molecule has 0 radical (unpaired) electrons. The van der Waals surface area contributed by atoms with E-state index in [2.05, 4.69) is 22.2 Å². The third-order valence-corrected chi connectivity index (χ3v) is 4.44. The minimum Gasteiger partial charge on any atom is -0.348 e. The van der Waals surface area contributed by atoms with Crippen molar-refractivity contribution >= 4 is 23.6 Å². The van der Waals surface area contributed by atoms with Gasteiger partial charge in [-0.25, -0.2) is 9.97 Å². The monoisotopic (exact) mass is 314 g/mol. The van der Waals surface area contributed by atoms with Crippen molar-refractivity contribution in [2.24, 2.45) is 0 Å². The molecule has 1 aliphatic rings. The van der Waals surface area contributed by atoms with E-state index < -0.39 is 0 Å². The van der Waals surface area contributed by atoms with Gasteiger partial charge in [0, 0.05) is 30.4 Å². The number of carbonyl (C=O) groups excluding carboxylic acids is 1. The molecule has 0 saturated carbocycles. The molecule has 2 aromatic rings. The topological polar surface area (TPSA) is 58.1 Å². The van der Waals surface area contributed by atoms with E-state index in [0.717, 1.165) is 16.2 Å². The van der Waals surface area contributed by atoms with Gasteiger partial charge in [0.15, 0.2) is 0 Å². The van der Waals surface area contributed by atoms with Crippen LogP contribution in [0.1, 0.15) is 17.3 Å². The quantitative estimate of drug-likeness (QED) is 0.860. The van der Waals surface area contributed by atoms with E-state index in [-0.39, 0.29) is 11.9 Å². The van der Waals surface area contributed by atoms with Crippen molar-refractivity contribution in [2.45, 2.75) is 17.9 Å². The zero-order valence-electron chi connectivity index (χ0n) is 12.4. The third-order valence-electron chi connectivity index (χ3n) is 3.49. The standard InChI is InChI=1S/C16H18N4OS/c1-2-22-14-7-4-3-6-13(14)15(21)20-10-12(11-20)19-16-17-8-5-9-18-16/h3-9,12H,2,10-11H2,1H3,(H,17,18,19). The van der Waals surface area contributed by atoms with Gasteiger partial charge in [-0.2, -0.15) is 0 Å². The highest BCUT2D eigenvalue weighted by molar-refractivity contribution is 7.99. The van der Waals surface area contributed by atoms with Crippen LogP contribution in [-0.4, -0.2) is 45.7 Å². The second-order valence-corrected chi connectivity index (χ2v) is 6.36. The molecule has 0 atom stereocenters. The molecule has 0 bridgehead atoms. The van der Waals surface area contributed by atoms with Crippen molar-refractivity contribution < 1.29 is 4.79 Å². The molecule has 3 rings (SSSR count). The number of amides is 1. The number of likely N-dealkylation sites (tertiary alicyclic amines) is 1. The van der Waals surface area contributed by atoms with Gasteiger partial charge in [0.1, 0.15) is 0 Å². The normalized spacial score (nSPS) is 14.5. The van der Waals surface area contributed by atoms with Crippen LogP contribution in [0.15, 0.2) is 47.6 Å². The fourth-order valence-corrected chi connectivity index (χ4v) is 3.18. The highest BCUT2D eigenvalue weighted by Gasteiger charge is 2.32. The maximum Gasteiger partial charge on any atom is 0.255 e. The van der Waals surface area contributed by atoms with E-state index in [1.165, 1.54) is 0 Å². The smallest absolute Gasteiger partial charge is 0.255 e. The molecular formula is C16H18N4OS. The van der Waals surface area contributed by atoms with E-state index in [9.17, 15) is 4.79 Å². The van der Waals surface area contributed by atoms with Crippen LogP contribution in [0.3, 0.4) is 0 Å². The number of nitrogens with one attached hydrogen (secondary N) is 1. The number of hydrogen-bond donors (Lipinski definition) is 1. The highest BCUT2D eigenvalue weighted by atomic mass is 32.2. The Bertz CT molecular complexity index is 644. The van der Waals surface area contributed by atoms with Gasteiger partial charge >= 0.3 is 0 Å². The molecule has 1 saturated heterocycles. The highest BCUT2D eigenvalue weighted by Crippen LogP contribution is 2.25. The first-order chi connectivity index (χ1) is 10.8. The molecule has 2 heterocycles. The Morgan fingerprint density at radius 2 is 2.00 bits per heavy atom. The second-order valence-electron chi connectivity index (χ2n) is 5.05. The SMILES string of the molecule is CCSc1ccccc1C(=O)N1CC(Nc2ncccn2)C1. The van der Waals surface area contributed by atoms with E-state index in [0.29, 0.717) is 19.0 Å². The summed E-state index contributed by atoms with van der Waals surface area (Å²) in [7, 11) is 0. The Balaban J connectivity index is 1.60. The van der Waals surface area contributed by atoms with Crippen LogP contribution >= 0.6 is 11.8 Å². The van der Waals surface area contributed by atoms with Gasteiger partial charge < -0.3 is 10.2 Å². The zero-order chi connectivity index (χ0) is 15.4. The van der Waals surface area contributed by atoms with Gasteiger partial charge in [-0.1, -0.05) is 19.1 Å². The van der Waals surface area contributed by atoms with Crippen LogP contribution in [0.25, 0.3) is 0 Å². The fourth-order valence-electron chi connectivity index (χ4n) is 2.39. The summed E-state index contributed by atoms with van der Waals surface area (Å²) in [5, 5.41) is 3.23. The summed E-state index contributed by atoms with van der Waals surface area (Å²) in [6, 6.07) is 9.81. The van der Waals surface area contributed by atoms with Gasteiger partial charge in [0.25, 0.3) is 5.91 Å². The van der Waals surface area contributed by atoms with Crippen LogP contribution in [0.2, 0.25) is 0 Å². The van der Waals surface area contributed by atoms with Crippen molar-refractivity contribution in [3.63, 3.8) is 0 Å². The summed E-state index contributed by atoms with van der Waals surface area (Å²) in [6.07, 6.45) is 3.41. The molecule has 22 heavy (non-hydrogen) atoms. The molecule has 6 heteroatoms. The minimum absolute atomic E-state index is 0.101. The lowest BCUT2D eigenvalue weighted by Gasteiger charge is -2.39. The maximum atomic E-state index is 12.6. The minimum atomic E-state index is 0.101. The van der Waals surface area contributed by atoms with E-state index in [1.807, 2.05) is 29.2 Å². The van der Waals surface area contributed by atoms with Gasteiger partial charge in [0.05, 0.1) is 11.6 Å². The van der Waals surface area contributed by atoms with E-state index in [1.54, 1.807) is 30.2 Å². The Labute approximate surface area is 134 Å². The number of anilines is 1. The molecule has 1 aromatic heterocycles. The third kappa shape index (κ3) is 3.22. The number of hydrogen-bond acceptors (Lipinski definition) is 5. The maximum absolute atomic E-state index is 12.6. The fraction of sp³-hybridized carbons (Fsp3) is 0.312. The molecule has 1 aromatic carbocycles. The zero-order valence-corrected chi connectivity index (χ0v) is 13.2. The average Bonchev–Trinajstić information content (AvgIpc) is 2.52. The van der Waals surface area contributed by atoms with E-state index in [4.69, 9.17) is 0 Å². The van der Waals surface area contributed by atoms with Gasteiger partial charge in [-0.15, -0.1) is 11.8 Å². The van der Waals surface area contributed by atoms with E-state index >= 15 is 0 Å². The molecule has 0 aliphatic carbocycles. The van der Waals surface area contributed by atoms with Crippen LogP contribution < -0.4 is 5.32 Å². The van der Waals surface area contributed by atoms with Crippen molar-refractivity contribution in [3.05, 3.63) is 48.3 Å². The molecular weight excluding hydrogens is 296 g/mol. The summed E-state index contributed by atoms with van der Waals surface area (Å²) < 4.78 is 0. The summed E-state index contributed by atoms with van der Waals surface area (Å²) in [5.41, 5.74) is 0.795. The van der Waals surface area contributed by atoms with Gasteiger partial charge in [0.2, 0.25) is 5.95 Å². The first-order valence-electron chi connectivity index (χ1n) is 7.32. The summed E-state index contributed by atoms with van der Waals surface area (Å²) >= 11 is 1.70. The Morgan fingerprint density at radius 3 is 2.73 bits per heavy atom. The van der Waals surface area contributed by atoms with Crippen molar-refractivity contribution in [2.75, 3.05) is 24.2 Å². The largest absolute Gasteiger partial charge is 0.348 e. The molecule has 114 valence electrons. The summed E-state index contributed by atoms with van der Waals surface area (Å²) in [5.74, 6) is 1.67. The van der Waals surface area contributed by atoms with Crippen LogP contribution in [0.5, 0.6) is 0 Å². The van der Waals surface area contributed by atoms with Gasteiger partial charge in [-0.05, 0) is 24.0 Å². The molecule has 0 spiro atoms. The number of thioether (sulfide) groups is 1. The molecule has 1 aliphatic heterocycles. The van der Waals surface area contributed by atoms with Crippen molar-refractivity contribution in [1.82, 2.24) is 14.9 Å².